The lowest BCUT2D eigenvalue weighted by Gasteiger charge is -2.29. The highest BCUT2D eigenvalue weighted by atomic mass is 16.5. The van der Waals surface area contributed by atoms with Crippen molar-refractivity contribution in [1.82, 2.24) is 0 Å². The summed E-state index contributed by atoms with van der Waals surface area (Å²) >= 11 is 0. The Morgan fingerprint density at radius 3 is 3.00 bits per heavy atom. The molecule has 2 atom stereocenters. The third-order valence-corrected chi connectivity index (χ3v) is 2.49. The summed E-state index contributed by atoms with van der Waals surface area (Å²) in [5, 5.41) is 9.70. The van der Waals surface area contributed by atoms with Crippen LogP contribution in [0.15, 0.2) is 24.3 Å². The van der Waals surface area contributed by atoms with Crippen molar-refractivity contribution in [2.45, 2.75) is 38.4 Å². The highest BCUT2D eigenvalue weighted by Crippen LogP contribution is 2.25. The van der Waals surface area contributed by atoms with Crippen molar-refractivity contribution in [3.05, 3.63) is 24.3 Å². The smallest absolute Gasteiger partial charge is 0.0844 e. The van der Waals surface area contributed by atoms with E-state index in [0.29, 0.717) is 6.61 Å². The Kier molecular flexibility index (Phi) is 4.19. The Hall–Kier alpha value is -0.600. The van der Waals surface area contributed by atoms with Gasteiger partial charge in [-0.3, -0.25) is 0 Å². The molecule has 0 heterocycles. The molecule has 0 aromatic heterocycles. The molecular formula is C11H18O2. The molecule has 2 heteroatoms. The van der Waals surface area contributed by atoms with Gasteiger partial charge in [-0.25, -0.2) is 0 Å². The van der Waals surface area contributed by atoms with Gasteiger partial charge in [-0.1, -0.05) is 17.7 Å². The Bertz CT molecular complexity index is 196. The van der Waals surface area contributed by atoms with E-state index in [9.17, 15) is 5.11 Å². The van der Waals surface area contributed by atoms with Crippen LogP contribution < -0.4 is 0 Å². The molecule has 0 aliphatic heterocycles. The summed E-state index contributed by atoms with van der Waals surface area (Å²) in [6, 6.07) is 0. The largest absolute Gasteiger partial charge is 0.390 e. The fourth-order valence-corrected chi connectivity index (χ4v) is 1.67. The van der Waals surface area contributed by atoms with Crippen LogP contribution in [0, 0.1) is 0 Å². The van der Waals surface area contributed by atoms with Gasteiger partial charge in [0.1, 0.15) is 0 Å². The van der Waals surface area contributed by atoms with E-state index >= 15 is 0 Å². The number of hydrogen-bond acceptors (Lipinski definition) is 2. The molecule has 0 saturated heterocycles. The van der Waals surface area contributed by atoms with Crippen molar-refractivity contribution in [3.8, 4) is 0 Å². The molecule has 0 amide bonds. The fraction of sp³-hybridized carbons (Fsp3) is 0.636. The first kappa shape index (κ1) is 10.5. The Labute approximate surface area is 79.9 Å². The Balaban J connectivity index is 2.39. The molecule has 1 fully saturated rings. The predicted molar refractivity (Wildman–Crippen MR) is 53.6 cm³/mol. The number of hydrogen-bond donors (Lipinski definition) is 1. The fourth-order valence-electron chi connectivity index (χ4n) is 1.67. The van der Waals surface area contributed by atoms with Gasteiger partial charge in [0.15, 0.2) is 0 Å². The molecular weight excluding hydrogens is 164 g/mol. The van der Waals surface area contributed by atoms with Crippen molar-refractivity contribution in [2.24, 2.45) is 0 Å². The van der Waals surface area contributed by atoms with E-state index < -0.39 is 0 Å². The van der Waals surface area contributed by atoms with Crippen LogP contribution in [0.3, 0.4) is 0 Å². The maximum atomic E-state index is 9.70. The standard InChI is InChI=1S/C11H18O2/c1-3-7-13-11-6-5-9(4-2)8-10(11)12/h3-4,10-12H,1,5-8H2,2H3/b9-4-. The lowest BCUT2D eigenvalue weighted by molar-refractivity contribution is -0.0390. The second kappa shape index (κ2) is 5.20. The van der Waals surface area contributed by atoms with Crippen LogP contribution in [0.2, 0.25) is 0 Å². The number of allylic oxidation sites excluding steroid dienone is 1. The summed E-state index contributed by atoms with van der Waals surface area (Å²) in [5.41, 5.74) is 1.34. The summed E-state index contributed by atoms with van der Waals surface area (Å²) in [6.45, 7) is 6.14. The zero-order chi connectivity index (χ0) is 9.68. The molecule has 1 rings (SSSR count). The lowest BCUT2D eigenvalue weighted by Crippen LogP contribution is -2.33. The van der Waals surface area contributed by atoms with Crippen LogP contribution in [0.5, 0.6) is 0 Å². The molecule has 1 saturated carbocycles. The van der Waals surface area contributed by atoms with Gasteiger partial charge in [0, 0.05) is 0 Å². The summed E-state index contributed by atoms with van der Waals surface area (Å²) in [4.78, 5) is 0. The minimum Gasteiger partial charge on any atom is -0.390 e. The Morgan fingerprint density at radius 1 is 1.69 bits per heavy atom. The molecule has 1 aliphatic carbocycles. The topological polar surface area (TPSA) is 29.5 Å². The van der Waals surface area contributed by atoms with E-state index in [0.717, 1.165) is 19.3 Å². The zero-order valence-corrected chi connectivity index (χ0v) is 8.20. The van der Waals surface area contributed by atoms with E-state index in [1.807, 2.05) is 6.92 Å². The normalized spacial score (nSPS) is 32.0. The first-order valence-electron chi connectivity index (χ1n) is 4.82. The summed E-state index contributed by atoms with van der Waals surface area (Å²) in [5.74, 6) is 0. The van der Waals surface area contributed by atoms with Crippen molar-refractivity contribution in [1.29, 1.82) is 0 Å². The third-order valence-electron chi connectivity index (χ3n) is 2.49. The number of aliphatic hydroxyl groups excluding tert-OH is 1. The second-order valence-electron chi connectivity index (χ2n) is 3.42. The van der Waals surface area contributed by atoms with E-state index in [2.05, 4.69) is 12.7 Å². The van der Waals surface area contributed by atoms with Crippen molar-refractivity contribution in [3.63, 3.8) is 0 Å². The molecule has 2 nitrogen and oxygen atoms in total. The van der Waals surface area contributed by atoms with Crippen LogP contribution in [-0.2, 0) is 4.74 Å². The van der Waals surface area contributed by atoms with Crippen LogP contribution in [0.4, 0.5) is 0 Å². The summed E-state index contributed by atoms with van der Waals surface area (Å²) in [6.07, 6.45) is 6.22. The molecule has 0 spiro atoms. The van der Waals surface area contributed by atoms with Gasteiger partial charge in [-0.15, -0.1) is 6.58 Å². The van der Waals surface area contributed by atoms with Gasteiger partial charge in [-0.05, 0) is 26.2 Å². The summed E-state index contributed by atoms with van der Waals surface area (Å²) in [7, 11) is 0. The van der Waals surface area contributed by atoms with E-state index in [1.165, 1.54) is 5.57 Å². The molecule has 13 heavy (non-hydrogen) atoms. The second-order valence-corrected chi connectivity index (χ2v) is 3.42. The maximum Gasteiger partial charge on any atom is 0.0844 e. The van der Waals surface area contributed by atoms with E-state index in [1.54, 1.807) is 6.08 Å². The van der Waals surface area contributed by atoms with Gasteiger partial charge >= 0.3 is 0 Å². The molecule has 74 valence electrons. The number of aliphatic hydroxyl groups is 1. The zero-order valence-electron chi connectivity index (χ0n) is 8.20. The van der Waals surface area contributed by atoms with Gasteiger partial charge in [-0.2, -0.15) is 0 Å². The molecule has 0 aromatic carbocycles. The van der Waals surface area contributed by atoms with Gasteiger partial charge in [0.25, 0.3) is 0 Å². The average Bonchev–Trinajstić information content (AvgIpc) is 2.16. The van der Waals surface area contributed by atoms with Crippen LogP contribution >= 0.6 is 0 Å². The summed E-state index contributed by atoms with van der Waals surface area (Å²) < 4.78 is 5.44. The monoisotopic (exact) mass is 182 g/mol. The molecule has 0 bridgehead atoms. The highest BCUT2D eigenvalue weighted by molar-refractivity contribution is 5.07. The maximum absolute atomic E-state index is 9.70. The van der Waals surface area contributed by atoms with Crippen molar-refractivity contribution in [2.75, 3.05) is 6.61 Å². The predicted octanol–water partition coefficient (Wildman–Crippen LogP) is 2.05. The average molecular weight is 182 g/mol. The van der Waals surface area contributed by atoms with E-state index in [4.69, 9.17) is 4.74 Å². The number of rotatable bonds is 3. The SMILES string of the molecule is C=CCOC1CC/C(=C/C)CC1O. The van der Waals surface area contributed by atoms with Gasteiger partial charge in [0.2, 0.25) is 0 Å². The third kappa shape index (κ3) is 2.98. The lowest BCUT2D eigenvalue weighted by atomic mass is 9.90. The molecule has 1 N–H and O–H groups in total. The van der Waals surface area contributed by atoms with Crippen molar-refractivity contribution >= 4 is 0 Å². The van der Waals surface area contributed by atoms with Gasteiger partial charge < -0.3 is 9.84 Å². The first-order valence-corrected chi connectivity index (χ1v) is 4.82. The van der Waals surface area contributed by atoms with Crippen molar-refractivity contribution < 1.29 is 9.84 Å². The van der Waals surface area contributed by atoms with Crippen LogP contribution in [0.25, 0.3) is 0 Å². The number of ether oxygens (including phenoxy) is 1. The van der Waals surface area contributed by atoms with Crippen LogP contribution in [-0.4, -0.2) is 23.9 Å². The molecule has 0 radical (unpaired) electrons. The molecule has 1 aliphatic rings. The minimum atomic E-state index is -0.333. The van der Waals surface area contributed by atoms with Gasteiger partial charge in [0.05, 0.1) is 18.8 Å². The molecule has 0 aromatic rings. The first-order chi connectivity index (χ1) is 6.27. The quantitative estimate of drug-likeness (QED) is 0.677. The minimum absolute atomic E-state index is 0.00157. The molecule has 2 unspecified atom stereocenters. The van der Waals surface area contributed by atoms with E-state index in [-0.39, 0.29) is 12.2 Å². The Morgan fingerprint density at radius 2 is 2.46 bits per heavy atom. The van der Waals surface area contributed by atoms with Crippen LogP contribution in [0.1, 0.15) is 26.2 Å². The highest BCUT2D eigenvalue weighted by Gasteiger charge is 2.25.